The van der Waals surface area contributed by atoms with Crippen molar-refractivity contribution in [1.29, 1.82) is 0 Å². The van der Waals surface area contributed by atoms with Gasteiger partial charge in [-0.15, -0.1) is 0 Å². The molecule has 8 heteroatoms. The molecule has 0 aliphatic rings. The highest BCUT2D eigenvalue weighted by Crippen LogP contribution is 2.36. The van der Waals surface area contributed by atoms with Crippen molar-refractivity contribution < 1.29 is 14.6 Å². The molecule has 0 fully saturated rings. The van der Waals surface area contributed by atoms with E-state index >= 15 is 0 Å². The molecule has 0 saturated carbocycles. The molecule has 0 aliphatic heterocycles. The number of carbonyl (C=O) groups excluding carboxylic acids is 1. The van der Waals surface area contributed by atoms with Crippen molar-refractivity contribution in [3.63, 3.8) is 0 Å². The van der Waals surface area contributed by atoms with Crippen molar-refractivity contribution in [2.24, 2.45) is 0 Å². The maximum Gasteiger partial charge on any atom is 0.345 e. The summed E-state index contributed by atoms with van der Waals surface area (Å²) in [6, 6.07) is 9.59. The minimum absolute atomic E-state index is 0.0778. The predicted molar refractivity (Wildman–Crippen MR) is 105 cm³/mol. The standard InChI is InChI=1S/C19H9Cl3N2O3/c20-12-3-4-15(16-10(12)2-1-5-23-16)27-19(26)9-6-11-13(21)7-14(22)18(25)17(11)24-8-9/h1-8,25H. The first kappa shape index (κ1) is 17.8. The van der Waals surface area contributed by atoms with Crippen molar-refractivity contribution in [3.05, 3.63) is 69.4 Å². The molecule has 134 valence electrons. The van der Waals surface area contributed by atoms with E-state index in [1.807, 2.05) is 0 Å². The number of pyridine rings is 2. The van der Waals surface area contributed by atoms with E-state index < -0.39 is 5.97 Å². The number of aromatic nitrogens is 2. The van der Waals surface area contributed by atoms with Crippen LogP contribution in [-0.2, 0) is 0 Å². The average Bonchev–Trinajstić information content (AvgIpc) is 2.68. The molecular weight excluding hydrogens is 411 g/mol. The first-order valence-electron chi connectivity index (χ1n) is 7.68. The van der Waals surface area contributed by atoms with Crippen LogP contribution >= 0.6 is 34.8 Å². The zero-order chi connectivity index (χ0) is 19.1. The van der Waals surface area contributed by atoms with Crippen LogP contribution in [-0.4, -0.2) is 21.0 Å². The molecule has 0 amide bonds. The average molecular weight is 420 g/mol. The highest BCUT2D eigenvalue weighted by Gasteiger charge is 2.17. The van der Waals surface area contributed by atoms with Gasteiger partial charge >= 0.3 is 5.97 Å². The van der Waals surface area contributed by atoms with Crippen LogP contribution in [0, 0.1) is 0 Å². The number of hydrogen-bond donors (Lipinski definition) is 1. The summed E-state index contributed by atoms with van der Waals surface area (Å²) >= 11 is 18.2. The second kappa shape index (κ2) is 6.85. The minimum Gasteiger partial charge on any atom is -0.504 e. The van der Waals surface area contributed by atoms with Gasteiger partial charge in [0.05, 0.1) is 20.6 Å². The summed E-state index contributed by atoms with van der Waals surface area (Å²) in [5.41, 5.74) is 0.822. The Kier molecular flexibility index (Phi) is 4.52. The van der Waals surface area contributed by atoms with Gasteiger partial charge in [0.25, 0.3) is 0 Å². The van der Waals surface area contributed by atoms with Crippen molar-refractivity contribution in [2.75, 3.05) is 0 Å². The molecule has 0 bridgehead atoms. The topological polar surface area (TPSA) is 72.3 Å². The molecule has 0 aliphatic carbocycles. The molecule has 0 radical (unpaired) electrons. The fourth-order valence-electron chi connectivity index (χ4n) is 2.67. The van der Waals surface area contributed by atoms with Gasteiger partial charge in [0.1, 0.15) is 11.0 Å². The third-order valence-corrected chi connectivity index (χ3v) is 4.90. The predicted octanol–water partition coefficient (Wildman–Crippen LogP) is 5.67. The van der Waals surface area contributed by atoms with Gasteiger partial charge < -0.3 is 9.84 Å². The molecule has 5 nitrogen and oxygen atoms in total. The Morgan fingerprint density at radius 1 is 0.926 bits per heavy atom. The SMILES string of the molecule is O=C(Oc1ccc(Cl)c2cccnc12)c1cnc2c(O)c(Cl)cc(Cl)c2c1. The van der Waals surface area contributed by atoms with Gasteiger partial charge in [0, 0.05) is 23.2 Å². The van der Waals surface area contributed by atoms with E-state index in [2.05, 4.69) is 9.97 Å². The minimum atomic E-state index is -0.649. The lowest BCUT2D eigenvalue weighted by Gasteiger charge is -2.09. The fourth-order valence-corrected chi connectivity index (χ4v) is 3.39. The zero-order valence-corrected chi connectivity index (χ0v) is 15.7. The number of benzene rings is 2. The maximum absolute atomic E-state index is 12.6. The van der Waals surface area contributed by atoms with Gasteiger partial charge in [-0.1, -0.05) is 34.8 Å². The largest absolute Gasteiger partial charge is 0.504 e. The Labute approximate surface area is 168 Å². The van der Waals surface area contributed by atoms with E-state index in [4.69, 9.17) is 39.5 Å². The van der Waals surface area contributed by atoms with Crippen molar-refractivity contribution in [2.45, 2.75) is 0 Å². The summed E-state index contributed by atoms with van der Waals surface area (Å²) in [6.07, 6.45) is 2.86. The van der Waals surface area contributed by atoms with E-state index in [0.717, 1.165) is 0 Å². The number of hydrogen-bond acceptors (Lipinski definition) is 5. The van der Waals surface area contributed by atoms with Crippen LogP contribution in [0.25, 0.3) is 21.8 Å². The number of carbonyl (C=O) groups is 1. The Bertz CT molecular complexity index is 1230. The Hall–Kier alpha value is -2.60. The Balaban J connectivity index is 1.75. The van der Waals surface area contributed by atoms with Crippen LogP contribution in [0.2, 0.25) is 15.1 Å². The Morgan fingerprint density at radius 3 is 2.56 bits per heavy atom. The fraction of sp³-hybridized carbons (Fsp3) is 0. The molecule has 0 spiro atoms. The van der Waals surface area contributed by atoms with Gasteiger partial charge in [0.15, 0.2) is 11.5 Å². The number of halogens is 3. The van der Waals surface area contributed by atoms with E-state index in [0.29, 0.717) is 21.3 Å². The normalized spacial score (nSPS) is 11.1. The first-order valence-corrected chi connectivity index (χ1v) is 8.81. The maximum atomic E-state index is 12.6. The van der Waals surface area contributed by atoms with Crippen molar-refractivity contribution in [3.8, 4) is 11.5 Å². The smallest absolute Gasteiger partial charge is 0.345 e. The third kappa shape index (κ3) is 3.14. The summed E-state index contributed by atoms with van der Waals surface area (Å²) in [5, 5.41) is 11.9. The number of fused-ring (bicyclic) bond motifs is 2. The van der Waals surface area contributed by atoms with Gasteiger partial charge in [-0.05, 0) is 36.4 Å². The molecule has 2 heterocycles. The number of nitrogens with zero attached hydrogens (tertiary/aromatic N) is 2. The van der Waals surface area contributed by atoms with Crippen LogP contribution in [0.5, 0.6) is 11.5 Å². The molecule has 0 unspecified atom stereocenters. The number of phenols is 1. The summed E-state index contributed by atoms with van der Waals surface area (Å²) in [4.78, 5) is 20.9. The third-order valence-electron chi connectivity index (χ3n) is 3.97. The first-order chi connectivity index (χ1) is 13.0. The lowest BCUT2D eigenvalue weighted by atomic mass is 10.1. The highest BCUT2D eigenvalue weighted by atomic mass is 35.5. The molecule has 0 saturated heterocycles. The highest BCUT2D eigenvalue weighted by molar-refractivity contribution is 6.39. The lowest BCUT2D eigenvalue weighted by Crippen LogP contribution is -2.09. The number of esters is 1. The quantitative estimate of drug-likeness (QED) is 0.335. The van der Waals surface area contributed by atoms with Crippen molar-refractivity contribution >= 4 is 62.6 Å². The second-order valence-corrected chi connectivity index (χ2v) is 6.87. The molecular formula is C19H9Cl3N2O3. The summed E-state index contributed by atoms with van der Waals surface area (Å²) in [5.74, 6) is -0.585. The van der Waals surface area contributed by atoms with Crippen LogP contribution in [0.3, 0.4) is 0 Å². The molecule has 4 aromatic rings. The van der Waals surface area contributed by atoms with Crippen LogP contribution in [0.1, 0.15) is 10.4 Å². The van der Waals surface area contributed by atoms with Gasteiger partial charge in [-0.2, -0.15) is 0 Å². The molecule has 4 rings (SSSR count). The van der Waals surface area contributed by atoms with Crippen LogP contribution in [0.15, 0.2) is 48.8 Å². The van der Waals surface area contributed by atoms with E-state index in [1.54, 1.807) is 30.5 Å². The monoisotopic (exact) mass is 418 g/mol. The lowest BCUT2D eigenvalue weighted by molar-refractivity contribution is 0.0736. The van der Waals surface area contributed by atoms with E-state index in [1.165, 1.54) is 18.3 Å². The van der Waals surface area contributed by atoms with Crippen LogP contribution in [0.4, 0.5) is 0 Å². The van der Waals surface area contributed by atoms with Gasteiger partial charge in [-0.3, -0.25) is 9.97 Å². The second-order valence-electron chi connectivity index (χ2n) is 5.64. The molecule has 1 N–H and O–H groups in total. The van der Waals surface area contributed by atoms with E-state index in [9.17, 15) is 9.90 Å². The molecule has 2 aromatic heterocycles. The number of ether oxygens (including phenoxy) is 1. The number of aromatic hydroxyl groups is 1. The zero-order valence-electron chi connectivity index (χ0n) is 13.4. The summed E-state index contributed by atoms with van der Waals surface area (Å²) in [6.45, 7) is 0. The molecule has 2 aromatic carbocycles. The Morgan fingerprint density at radius 2 is 1.74 bits per heavy atom. The molecule has 27 heavy (non-hydrogen) atoms. The summed E-state index contributed by atoms with van der Waals surface area (Å²) < 4.78 is 5.48. The van der Waals surface area contributed by atoms with Crippen molar-refractivity contribution in [1.82, 2.24) is 9.97 Å². The van der Waals surface area contributed by atoms with Crippen LogP contribution < -0.4 is 4.74 Å². The van der Waals surface area contributed by atoms with E-state index in [-0.39, 0.29) is 32.6 Å². The summed E-state index contributed by atoms with van der Waals surface area (Å²) in [7, 11) is 0. The number of phenolic OH excluding ortho intramolecular Hbond substituents is 1. The molecule has 0 atom stereocenters. The van der Waals surface area contributed by atoms with Gasteiger partial charge in [-0.25, -0.2) is 4.79 Å². The number of rotatable bonds is 2. The van der Waals surface area contributed by atoms with Gasteiger partial charge in [0.2, 0.25) is 0 Å².